The molecule has 0 amide bonds. The highest BCUT2D eigenvalue weighted by Crippen LogP contribution is 2.46. The van der Waals surface area contributed by atoms with Crippen LogP contribution in [0, 0.1) is 0 Å². The van der Waals surface area contributed by atoms with Gasteiger partial charge < -0.3 is 4.90 Å². The van der Waals surface area contributed by atoms with Crippen LogP contribution in [-0.4, -0.2) is 0 Å². The molecule has 13 aromatic rings. The van der Waals surface area contributed by atoms with E-state index in [9.17, 15) is 0 Å². The van der Waals surface area contributed by atoms with E-state index in [2.05, 4.69) is 278 Å². The fraction of sp³-hybridized carbons (Fsp3) is 0. The van der Waals surface area contributed by atoms with Crippen LogP contribution in [0.25, 0.3) is 109 Å². The molecule has 0 aliphatic rings. The summed E-state index contributed by atoms with van der Waals surface area (Å²) in [5, 5.41) is 12.6. The Bertz CT molecular complexity index is 4040. The quantitative estimate of drug-likeness (QED) is 0.138. The third kappa shape index (κ3) is 7.20. The van der Waals surface area contributed by atoms with Crippen molar-refractivity contribution in [2.24, 2.45) is 0 Å². The summed E-state index contributed by atoms with van der Waals surface area (Å²) in [5.74, 6) is 0. The molecule has 0 heterocycles. The molecule has 0 aliphatic carbocycles. The molecule has 0 saturated heterocycles. The third-order valence-electron chi connectivity index (χ3n) is 14.0. The number of benzene rings is 13. The molecule has 0 saturated carbocycles. The van der Waals surface area contributed by atoms with Gasteiger partial charge >= 0.3 is 0 Å². The Balaban J connectivity index is 0.947. The minimum absolute atomic E-state index is 1.09. The monoisotopic (exact) mass is 875 g/mol. The van der Waals surface area contributed by atoms with Crippen LogP contribution in [0.1, 0.15) is 0 Å². The van der Waals surface area contributed by atoms with E-state index >= 15 is 0 Å². The lowest BCUT2D eigenvalue weighted by atomic mass is 9.84. The van der Waals surface area contributed by atoms with Gasteiger partial charge in [0.2, 0.25) is 0 Å². The molecule has 0 N–H and O–H groups in total. The standard InChI is InChI=1S/C68H45N/c1-3-17-50(18-4-1)67-65-27-12-11-26-63(65)64-42-36-54(45-66(64)68(67)51-19-5-2-6-20-51)52-22-13-23-58(44-52)69(57-39-33-49(34-40-57)61-28-14-21-47-15-7-9-24-59(47)61)56-37-31-46(32-38-56)53-35-41-62-55(43-53)30-29-48-16-8-10-25-60(48)62/h1-45H. The first-order valence-corrected chi connectivity index (χ1v) is 23.8. The number of hydrogen-bond acceptors (Lipinski definition) is 1. The van der Waals surface area contributed by atoms with Crippen molar-refractivity contribution >= 4 is 70.9 Å². The maximum Gasteiger partial charge on any atom is 0.0467 e. The highest BCUT2D eigenvalue weighted by Gasteiger charge is 2.20. The van der Waals surface area contributed by atoms with Crippen LogP contribution in [0.5, 0.6) is 0 Å². The van der Waals surface area contributed by atoms with Gasteiger partial charge in [0.25, 0.3) is 0 Å². The molecule has 1 heteroatoms. The maximum absolute atomic E-state index is 2.42. The average Bonchev–Trinajstić information content (AvgIpc) is 3.43. The van der Waals surface area contributed by atoms with Crippen LogP contribution >= 0.6 is 0 Å². The molecule has 0 atom stereocenters. The van der Waals surface area contributed by atoms with Gasteiger partial charge in [0.05, 0.1) is 0 Å². The zero-order valence-electron chi connectivity index (χ0n) is 37.9. The van der Waals surface area contributed by atoms with Crippen molar-refractivity contribution in [2.45, 2.75) is 0 Å². The Morgan fingerprint density at radius 2 is 0.638 bits per heavy atom. The number of fused-ring (bicyclic) bond motifs is 7. The number of hydrogen-bond donors (Lipinski definition) is 0. The number of anilines is 3. The molecule has 322 valence electrons. The van der Waals surface area contributed by atoms with Crippen molar-refractivity contribution in [1.29, 1.82) is 0 Å². The highest BCUT2D eigenvalue weighted by molar-refractivity contribution is 6.22. The first kappa shape index (κ1) is 40.3. The summed E-state index contributed by atoms with van der Waals surface area (Å²) < 4.78 is 0. The van der Waals surface area contributed by atoms with E-state index in [1.807, 2.05) is 0 Å². The average molecular weight is 876 g/mol. The van der Waals surface area contributed by atoms with E-state index in [0.29, 0.717) is 0 Å². The summed E-state index contributed by atoms with van der Waals surface area (Å²) in [4.78, 5) is 2.39. The highest BCUT2D eigenvalue weighted by atomic mass is 15.1. The molecule has 0 aliphatic heterocycles. The summed E-state index contributed by atoms with van der Waals surface area (Å²) in [5.41, 5.74) is 15.3. The van der Waals surface area contributed by atoms with Gasteiger partial charge in [-0.1, -0.05) is 224 Å². The summed E-state index contributed by atoms with van der Waals surface area (Å²) in [7, 11) is 0. The molecule has 0 bridgehead atoms. The summed E-state index contributed by atoms with van der Waals surface area (Å²) >= 11 is 0. The summed E-state index contributed by atoms with van der Waals surface area (Å²) in [6, 6.07) is 100. The molecule has 69 heavy (non-hydrogen) atoms. The van der Waals surface area contributed by atoms with Gasteiger partial charge in [-0.25, -0.2) is 0 Å². The molecule has 0 unspecified atom stereocenters. The zero-order valence-corrected chi connectivity index (χ0v) is 37.9. The van der Waals surface area contributed by atoms with Crippen molar-refractivity contribution < 1.29 is 0 Å². The molecular weight excluding hydrogens is 831 g/mol. The van der Waals surface area contributed by atoms with Gasteiger partial charge in [-0.15, -0.1) is 0 Å². The Kier molecular flexibility index (Phi) is 9.91. The maximum atomic E-state index is 2.42. The van der Waals surface area contributed by atoms with Gasteiger partial charge in [-0.3, -0.25) is 0 Å². The SMILES string of the molecule is c1ccc(-c2c(-c3ccccc3)c3cc(-c4cccc(N(c5ccc(-c6ccc7c(ccc8ccccc87)c6)cc5)c5ccc(-c6cccc7ccccc67)cc5)c4)ccc3c3ccccc23)cc1. The van der Waals surface area contributed by atoms with E-state index in [-0.39, 0.29) is 0 Å². The van der Waals surface area contributed by atoms with Gasteiger partial charge in [0.1, 0.15) is 0 Å². The second kappa shape index (κ2) is 17.0. The predicted molar refractivity (Wildman–Crippen MR) is 296 cm³/mol. The van der Waals surface area contributed by atoms with Crippen molar-refractivity contribution in [1.82, 2.24) is 0 Å². The van der Waals surface area contributed by atoms with Crippen LogP contribution < -0.4 is 4.90 Å². The lowest BCUT2D eigenvalue weighted by molar-refractivity contribution is 1.28. The Morgan fingerprint density at radius 1 is 0.188 bits per heavy atom. The lowest BCUT2D eigenvalue weighted by Crippen LogP contribution is -2.10. The topological polar surface area (TPSA) is 3.24 Å². The first-order valence-electron chi connectivity index (χ1n) is 23.8. The van der Waals surface area contributed by atoms with Crippen LogP contribution in [0.4, 0.5) is 17.1 Å². The van der Waals surface area contributed by atoms with Crippen molar-refractivity contribution in [3.8, 4) is 55.6 Å². The van der Waals surface area contributed by atoms with Crippen molar-refractivity contribution in [2.75, 3.05) is 4.90 Å². The van der Waals surface area contributed by atoms with Crippen molar-refractivity contribution in [3.63, 3.8) is 0 Å². The molecule has 0 aromatic heterocycles. The predicted octanol–water partition coefficient (Wildman–Crippen LogP) is 19.3. The molecule has 0 spiro atoms. The van der Waals surface area contributed by atoms with Gasteiger partial charge in [-0.2, -0.15) is 0 Å². The molecule has 1 nitrogen and oxygen atoms in total. The van der Waals surface area contributed by atoms with Crippen LogP contribution in [0.2, 0.25) is 0 Å². The molecular formula is C68H45N. The fourth-order valence-corrected chi connectivity index (χ4v) is 10.7. The smallest absolute Gasteiger partial charge is 0.0467 e. The van der Waals surface area contributed by atoms with E-state index < -0.39 is 0 Å². The van der Waals surface area contributed by atoms with Gasteiger partial charge in [0.15, 0.2) is 0 Å². The van der Waals surface area contributed by atoms with Crippen LogP contribution in [-0.2, 0) is 0 Å². The molecule has 13 rings (SSSR count). The van der Waals surface area contributed by atoms with Gasteiger partial charge in [-0.05, 0) is 158 Å². The van der Waals surface area contributed by atoms with Crippen LogP contribution in [0.15, 0.2) is 273 Å². The molecule has 13 aromatic carbocycles. The van der Waals surface area contributed by atoms with Crippen molar-refractivity contribution in [3.05, 3.63) is 273 Å². The Labute approximate surface area is 402 Å². The number of rotatable bonds is 8. The van der Waals surface area contributed by atoms with E-state index in [0.717, 1.165) is 22.6 Å². The lowest BCUT2D eigenvalue weighted by Gasteiger charge is -2.26. The van der Waals surface area contributed by atoms with E-state index in [1.54, 1.807) is 0 Å². The Hall–Kier alpha value is -9.04. The largest absolute Gasteiger partial charge is 0.310 e. The minimum atomic E-state index is 1.09. The summed E-state index contributed by atoms with van der Waals surface area (Å²) in [6.07, 6.45) is 0. The first-order chi connectivity index (χ1) is 34.2. The van der Waals surface area contributed by atoms with Crippen LogP contribution in [0.3, 0.4) is 0 Å². The third-order valence-corrected chi connectivity index (χ3v) is 14.0. The zero-order chi connectivity index (χ0) is 45.7. The fourth-order valence-electron chi connectivity index (χ4n) is 10.7. The number of nitrogens with zero attached hydrogens (tertiary/aromatic N) is 1. The van der Waals surface area contributed by atoms with Gasteiger partial charge in [0, 0.05) is 17.1 Å². The molecule has 0 fully saturated rings. The second-order valence-electron chi connectivity index (χ2n) is 18.0. The molecule has 0 radical (unpaired) electrons. The summed E-state index contributed by atoms with van der Waals surface area (Å²) in [6.45, 7) is 0. The normalized spacial score (nSPS) is 11.5. The van der Waals surface area contributed by atoms with E-state index in [1.165, 1.54) is 104 Å². The second-order valence-corrected chi connectivity index (χ2v) is 18.0. The Morgan fingerprint density at radius 3 is 1.35 bits per heavy atom. The minimum Gasteiger partial charge on any atom is -0.310 e. The van der Waals surface area contributed by atoms with E-state index in [4.69, 9.17) is 0 Å².